The number of nitriles is 1. The van der Waals surface area contributed by atoms with Crippen molar-refractivity contribution in [1.29, 1.82) is 5.26 Å². The van der Waals surface area contributed by atoms with Gasteiger partial charge in [-0.3, -0.25) is 4.90 Å². The van der Waals surface area contributed by atoms with Crippen LogP contribution in [0.15, 0.2) is 22.7 Å². The maximum absolute atomic E-state index is 10.1. The van der Waals surface area contributed by atoms with Crippen molar-refractivity contribution < 1.29 is 14.0 Å². The fraction of sp³-hybridized carbons (Fsp3) is 0.576. The van der Waals surface area contributed by atoms with Gasteiger partial charge in [-0.2, -0.15) is 10.2 Å². The standard InChI is InChI=1S/C33H40N8O3/c1-20(25-6-4-13-40(25)2)43-27-15-26(41-14-12-36-32(17-41)18-42-19-32)37-31(38-27)29-22-5-3-10-33(30(22)44-39-29)11-9-21-7-8-24(35)23(16-34)28(21)33/h7-8,15,20,25,36H,3-6,9-14,17-19,35H2,1-2H3/t20-,25-,33-/m0/s1. The fourth-order valence-electron chi connectivity index (χ4n) is 8.49. The van der Waals surface area contributed by atoms with Crippen LogP contribution >= 0.6 is 0 Å². The van der Waals surface area contributed by atoms with Crippen molar-refractivity contribution in [3.8, 4) is 23.5 Å². The molecule has 0 amide bonds. The highest BCUT2D eigenvalue weighted by molar-refractivity contribution is 5.68. The molecule has 0 unspecified atom stereocenters. The number of fused-ring (bicyclic) bond motifs is 4. The maximum atomic E-state index is 10.1. The summed E-state index contributed by atoms with van der Waals surface area (Å²) >= 11 is 0. The third-order valence-electron chi connectivity index (χ3n) is 10.8. The van der Waals surface area contributed by atoms with E-state index < -0.39 is 5.41 Å². The van der Waals surface area contributed by atoms with Crippen LogP contribution in [0.2, 0.25) is 0 Å². The molecule has 11 nitrogen and oxygen atoms in total. The van der Waals surface area contributed by atoms with Crippen LogP contribution in [0.5, 0.6) is 5.88 Å². The van der Waals surface area contributed by atoms with E-state index in [1.54, 1.807) is 0 Å². The third kappa shape index (κ3) is 4.30. The Labute approximate surface area is 257 Å². The van der Waals surface area contributed by atoms with E-state index in [9.17, 15) is 5.26 Å². The number of piperazine rings is 1. The molecule has 230 valence electrons. The van der Waals surface area contributed by atoms with Crippen molar-refractivity contribution in [2.24, 2.45) is 0 Å². The van der Waals surface area contributed by atoms with Gasteiger partial charge in [0.1, 0.15) is 18.0 Å². The van der Waals surface area contributed by atoms with Crippen LogP contribution in [-0.4, -0.2) is 84.1 Å². The van der Waals surface area contributed by atoms with E-state index in [2.05, 4.69) is 46.4 Å². The van der Waals surface area contributed by atoms with Gasteiger partial charge in [0.15, 0.2) is 17.3 Å². The molecule has 44 heavy (non-hydrogen) atoms. The lowest BCUT2D eigenvalue weighted by Crippen LogP contribution is -2.70. The number of hydrogen-bond donors (Lipinski definition) is 2. The van der Waals surface area contributed by atoms with E-state index in [-0.39, 0.29) is 11.6 Å². The Bertz CT molecular complexity index is 1640. The van der Waals surface area contributed by atoms with E-state index in [0.29, 0.717) is 47.9 Å². The van der Waals surface area contributed by atoms with Gasteiger partial charge in [-0.25, -0.2) is 4.98 Å². The summed E-state index contributed by atoms with van der Waals surface area (Å²) in [5, 5.41) is 18.4. The molecular formula is C33H40N8O3. The van der Waals surface area contributed by atoms with E-state index >= 15 is 0 Å². The zero-order valence-corrected chi connectivity index (χ0v) is 25.6. The Hall–Kier alpha value is -3.72. The van der Waals surface area contributed by atoms with Gasteiger partial charge >= 0.3 is 0 Å². The Morgan fingerprint density at radius 3 is 2.84 bits per heavy atom. The van der Waals surface area contributed by atoms with Crippen molar-refractivity contribution in [3.63, 3.8) is 0 Å². The van der Waals surface area contributed by atoms with Gasteiger partial charge < -0.3 is 29.9 Å². The minimum atomic E-state index is -0.414. The predicted octanol–water partition coefficient (Wildman–Crippen LogP) is 3.19. The summed E-state index contributed by atoms with van der Waals surface area (Å²) in [5.41, 5.74) is 10.8. The molecule has 0 saturated carbocycles. The summed E-state index contributed by atoms with van der Waals surface area (Å²) < 4.78 is 18.4. The van der Waals surface area contributed by atoms with Crippen molar-refractivity contribution in [3.05, 3.63) is 46.2 Å². The first-order chi connectivity index (χ1) is 21.4. The van der Waals surface area contributed by atoms with Crippen LogP contribution in [0.25, 0.3) is 11.5 Å². The molecule has 0 bridgehead atoms. The van der Waals surface area contributed by atoms with Gasteiger partial charge in [-0.1, -0.05) is 11.2 Å². The molecule has 1 aromatic carbocycles. The Balaban J connectivity index is 1.20. The number of ether oxygens (including phenoxy) is 2. The number of likely N-dealkylation sites (tertiary alicyclic amines) is 1. The average Bonchev–Trinajstić information content (AvgIpc) is 3.75. The molecule has 0 radical (unpaired) electrons. The van der Waals surface area contributed by atoms with Crippen molar-refractivity contribution in [1.82, 2.24) is 25.3 Å². The number of benzene rings is 1. The minimum absolute atomic E-state index is 0.0214. The number of anilines is 2. The number of nitrogens with zero attached hydrogens (tertiary/aromatic N) is 6. The topological polar surface area (TPSA) is 139 Å². The molecule has 3 aromatic rings. The Kier molecular flexibility index (Phi) is 6.59. The molecule has 3 N–H and O–H groups in total. The Morgan fingerprint density at radius 1 is 1.18 bits per heavy atom. The first-order valence-corrected chi connectivity index (χ1v) is 16.0. The monoisotopic (exact) mass is 596 g/mol. The molecule has 3 saturated heterocycles. The zero-order valence-electron chi connectivity index (χ0n) is 25.6. The molecule has 5 aliphatic rings. The summed E-state index contributed by atoms with van der Waals surface area (Å²) in [6.07, 6.45) is 6.68. The first kappa shape index (κ1) is 27.8. The number of hydrogen-bond acceptors (Lipinski definition) is 11. The summed E-state index contributed by atoms with van der Waals surface area (Å²) in [7, 11) is 2.17. The number of nitrogens with two attached hydrogens (primary N) is 1. The number of nitrogens with one attached hydrogen (secondary N) is 1. The van der Waals surface area contributed by atoms with Gasteiger partial charge in [0.05, 0.1) is 29.7 Å². The molecule has 3 atom stereocenters. The summed E-state index contributed by atoms with van der Waals surface area (Å²) in [4.78, 5) is 14.8. The van der Waals surface area contributed by atoms with Gasteiger partial charge in [0, 0.05) is 43.0 Å². The molecule has 5 heterocycles. The molecule has 8 rings (SSSR count). The van der Waals surface area contributed by atoms with E-state index in [0.717, 1.165) is 87.4 Å². The lowest BCUT2D eigenvalue weighted by molar-refractivity contribution is -0.0743. The van der Waals surface area contributed by atoms with Crippen LogP contribution in [0.4, 0.5) is 11.5 Å². The highest BCUT2D eigenvalue weighted by Crippen LogP contribution is 2.54. The molecular weight excluding hydrogens is 556 g/mol. The van der Waals surface area contributed by atoms with Crippen molar-refractivity contribution in [2.45, 2.75) is 75.0 Å². The van der Waals surface area contributed by atoms with Crippen LogP contribution in [0.3, 0.4) is 0 Å². The molecule has 2 aromatic heterocycles. The van der Waals surface area contributed by atoms with Crippen LogP contribution < -0.4 is 20.7 Å². The zero-order chi connectivity index (χ0) is 30.1. The van der Waals surface area contributed by atoms with Gasteiger partial charge in [0.2, 0.25) is 5.88 Å². The minimum Gasteiger partial charge on any atom is -0.473 e. The van der Waals surface area contributed by atoms with Crippen LogP contribution in [-0.2, 0) is 23.0 Å². The van der Waals surface area contributed by atoms with Gasteiger partial charge in [-0.05, 0) is 82.7 Å². The normalized spacial score (nSPS) is 26.3. The number of likely N-dealkylation sites (N-methyl/N-ethyl adjacent to an activating group) is 1. The quantitative estimate of drug-likeness (QED) is 0.420. The number of rotatable bonds is 5. The van der Waals surface area contributed by atoms with E-state index in [1.807, 2.05) is 12.1 Å². The lowest BCUT2D eigenvalue weighted by atomic mass is 9.68. The highest BCUT2D eigenvalue weighted by Gasteiger charge is 2.49. The summed E-state index contributed by atoms with van der Waals surface area (Å²) in [6, 6.07) is 8.64. The summed E-state index contributed by atoms with van der Waals surface area (Å²) in [6.45, 7) is 7.10. The first-order valence-electron chi connectivity index (χ1n) is 16.0. The largest absolute Gasteiger partial charge is 0.473 e. The SMILES string of the molecule is C[C@H](Oc1cc(N2CCNC3(COC3)C2)nc(-c2noc3c2CCC[C@@]32CCc3ccc(N)c(C#N)c32)n1)[C@@H]1CCCN1C. The Morgan fingerprint density at radius 2 is 2.07 bits per heavy atom. The fourth-order valence-corrected chi connectivity index (χ4v) is 8.49. The van der Waals surface area contributed by atoms with E-state index in [4.69, 9.17) is 29.7 Å². The highest BCUT2D eigenvalue weighted by atomic mass is 16.5. The maximum Gasteiger partial charge on any atom is 0.219 e. The second-order valence-electron chi connectivity index (χ2n) is 13.5. The second-order valence-corrected chi connectivity index (χ2v) is 13.5. The van der Waals surface area contributed by atoms with Crippen LogP contribution in [0, 0.1) is 11.3 Å². The predicted molar refractivity (Wildman–Crippen MR) is 165 cm³/mol. The number of aromatic nitrogens is 3. The molecule has 3 aliphatic heterocycles. The van der Waals surface area contributed by atoms with Gasteiger partial charge in [-0.15, -0.1) is 0 Å². The number of nitrogen functional groups attached to an aromatic ring is 1. The molecule has 3 fully saturated rings. The molecule has 11 heteroatoms. The molecule has 2 aliphatic carbocycles. The summed E-state index contributed by atoms with van der Waals surface area (Å²) in [5.74, 6) is 2.75. The van der Waals surface area contributed by atoms with Crippen molar-refractivity contribution in [2.75, 3.05) is 57.1 Å². The number of aryl methyl sites for hydroxylation is 1. The smallest absolute Gasteiger partial charge is 0.219 e. The van der Waals surface area contributed by atoms with Crippen LogP contribution in [0.1, 0.15) is 67.0 Å². The van der Waals surface area contributed by atoms with Crippen molar-refractivity contribution >= 4 is 11.5 Å². The van der Waals surface area contributed by atoms with Gasteiger partial charge in [0.25, 0.3) is 0 Å². The lowest BCUT2D eigenvalue weighted by Gasteiger charge is -2.49. The van der Waals surface area contributed by atoms with E-state index in [1.165, 1.54) is 12.0 Å². The average molecular weight is 597 g/mol. The molecule has 2 spiro atoms. The third-order valence-corrected chi connectivity index (χ3v) is 10.8. The second kappa shape index (κ2) is 10.4.